The highest BCUT2D eigenvalue weighted by Gasteiger charge is 2.24. The van der Waals surface area contributed by atoms with Gasteiger partial charge in [0.15, 0.2) is 0 Å². The summed E-state index contributed by atoms with van der Waals surface area (Å²) in [5.41, 5.74) is 2.52. The number of rotatable bonds is 4. The maximum absolute atomic E-state index is 13.2. The van der Waals surface area contributed by atoms with E-state index in [1.54, 1.807) is 0 Å². The Balaban J connectivity index is 1.56. The summed E-state index contributed by atoms with van der Waals surface area (Å²) in [6.07, 6.45) is 0.843. The number of nitrogens with zero attached hydrogens (tertiary/aromatic N) is 1. The molecule has 0 aromatic heterocycles. The van der Waals surface area contributed by atoms with Crippen LogP contribution in [0.1, 0.15) is 17.5 Å². The number of ether oxygens (including phenoxy) is 1. The van der Waals surface area contributed by atoms with Crippen LogP contribution in [0.4, 0.5) is 8.78 Å². The molecule has 1 aliphatic heterocycles. The third-order valence-corrected chi connectivity index (χ3v) is 3.89. The van der Waals surface area contributed by atoms with Crippen LogP contribution in [0, 0.1) is 18.6 Å². The van der Waals surface area contributed by atoms with E-state index >= 15 is 0 Å². The van der Waals surface area contributed by atoms with Crippen LogP contribution in [0.5, 0.6) is 5.75 Å². The van der Waals surface area contributed by atoms with Crippen molar-refractivity contribution in [1.29, 1.82) is 0 Å². The van der Waals surface area contributed by atoms with Crippen molar-refractivity contribution in [3.05, 3.63) is 65.2 Å². The molecule has 1 atom stereocenters. The summed E-state index contributed by atoms with van der Waals surface area (Å²) in [4.78, 5) is 2.30. The first-order chi connectivity index (χ1) is 10.6. The second-order valence-electron chi connectivity index (χ2n) is 5.85. The van der Waals surface area contributed by atoms with E-state index in [1.165, 1.54) is 23.3 Å². The first-order valence-electron chi connectivity index (χ1n) is 7.49. The van der Waals surface area contributed by atoms with Crippen LogP contribution in [0.25, 0.3) is 0 Å². The van der Waals surface area contributed by atoms with E-state index in [0.717, 1.165) is 32.1 Å². The van der Waals surface area contributed by atoms with Crippen molar-refractivity contribution in [3.8, 4) is 5.75 Å². The highest BCUT2D eigenvalue weighted by molar-refractivity contribution is 5.24. The van der Waals surface area contributed by atoms with Gasteiger partial charge in [0.2, 0.25) is 0 Å². The molecular formula is C18H19F2NO. The molecule has 0 amide bonds. The topological polar surface area (TPSA) is 12.5 Å². The molecule has 1 saturated heterocycles. The second kappa shape index (κ2) is 6.44. The molecule has 116 valence electrons. The van der Waals surface area contributed by atoms with Gasteiger partial charge < -0.3 is 4.74 Å². The standard InChI is InChI=1S/C18H19F2NO/c1-13-2-4-14(5-3-13)11-21-7-6-17(12-21)22-18-9-15(19)8-16(20)10-18/h2-5,8-10,17H,6-7,11-12H2,1H3. The van der Waals surface area contributed by atoms with Crippen LogP contribution in [-0.4, -0.2) is 24.1 Å². The maximum atomic E-state index is 13.2. The number of hydrogen-bond acceptors (Lipinski definition) is 2. The number of hydrogen-bond donors (Lipinski definition) is 0. The average Bonchev–Trinajstić information content (AvgIpc) is 2.87. The highest BCUT2D eigenvalue weighted by atomic mass is 19.1. The molecule has 1 aliphatic rings. The molecule has 22 heavy (non-hydrogen) atoms. The smallest absolute Gasteiger partial charge is 0.129 e. The van der Waals surface area contributed by atoms with Crippen molar-refractivity contribution in [2.45, 2.75) is 26.0 Å². The predicted octanol–water partition coefficient (Wildman–Crippen LogP) is 3.93. The molecule has 0 N–H and O–H groups in total. The highest BCUT2D eigenvalue weighted by Crippen LogP contribution is 2.22. The third kappa shape index (κ3) is 3.83. The van der Waals surface area contributed by atoms with Crippen LogP contribution >= 0.6 is 0 Å². The van der Waals surface area contributed by atoms with Gasteiger partial charge in [0.05, 0.1) is 0 Å². The Labute approximate surface area is 129 Å². The molecule has 4 heteroatoms. The summed E-state index contributed by atoms with van der Waals surface area (Å²) in [6, 6.07) is 11.8. The molecule has 0 aliphatic carbocycles. The fraction of sp³-hybridized carbons (Fsp3) is 0.333. The van der Waals surface area contributed by atoms with Crippen LogP contribution in [0.3, 0.4) is 0 Å². The van der Waals surface area contributed by atoms with E-state index in [2.05, 4.69) is 36.1 Å². The SMILES string of the molecule is Cc1ccc(CN2CCC(Oc3cc(F)cc(F)c3)C2)cc1. The summed E-state index contributed by atoms with van der Waals surface area (Å²) >= 11 is 0. The van der Waals surface area contributed by atoms with Crippen LogP contribution in [0.15, 0.2) is 42.5 Å². The lowest BCUT2D eigenvalue weighted by Crippen LogP contribution is -2.24. The Morgan fingerprint density at radius 3 is 2.45 bits per heavy atom. The quantitative estimate of drug-likeness (QED) is 0.848. The molecule has 1 heterocycles. The summed E-state index contributed by atoms with van der Waals surface area (Å²) in [7, 11) is 0. The fourth-order valence-electron chi connectivity index (χ4n) is 2.78. The van der Waals surface area contributed by atoms with E-state index in [1.807, 2.05) is 0 Å². The van der Waals surface area contributed by atoms with Gasteiger partial charge in [-0.2, -0.15) is 0 Å². The molecule has 2 aromatic carbocycles. The number of likely N-dealkylation sites (tertiary alicyclic amines) is 1. The van der Waals surface area contributed by atoms with Gasteiger partial charge in [-0.05, 0) is 18.9 Å². The van der Waals surface area contributed by atoms with Gasteiger partial charge in [-0.15, -0.1) is 0 Å². The first-order valence-corrected chi connectivity index (χ1v) is 7.49. The molecule has 1 unspecified atom stereocenters. The Hall–Kier alpha value is -1.94. The minimum Gasteiger partial charge on any atom is -0.489 e. The minimum absolute atomic E-state index is 0.0216. The van der Waals surface area contributed by atoms with Crippen molar-refractivity contribution in [2.75, 3.05) is 13.1 Å². The van der Waals surface area contributed by atoms with E-state index in [-0.39, 0.29) is 11.9 Å². The van der Waals surface area contributed by atoms with E-state index in [0.29, 0.717) is 0 Å². The second-order valence-corrected chi connectivity index (χ2v) is 5.85. The number of halogens is 2. The van der Waals surface area contributed by atoms with Crippen LogP contribution in [0.2, 0.25) is 0 Å². The molecule has 0 saturated carbocycles. The van der Waals surface area contributed by atoms with Crippen molar-refractivity contribution in [1.82, 2.24) is 4.90 Å². The van der Waals surface area contributed by atoms with Crippen LogP contribution < -0.4 is 4.74 Å². The maximum Gasteiger partial charge on any atom is 0.129 e. The van der Waals surface area contributed by atoms with Crippen LogP contribution in [-0.2, 0) is 6.54 Å². The summed E-state index contributed by atoms with van der Waals surface area (Å²) in [5, 5.41) is 0. The molecule has 0 radical (unpaired) electrons. The molecular weight excluding hydrogens is 284 g/mol. The Kier molecular flexibility index (Phi) is 4.39. The predicted molar refractivity (Wildman–Crippen MR) is 81.8 cm³/mol. The van der Waals surface area contributed by atoms with Gasteiger partial charge >= 0.3 is 0 Å². The Bertz CT molecular complexity index is 622. The van der Waals surface area contributed by atoms with Gasteiger partial charge in [-0.3, -0.25) is 4.90 Å². The molecule has 0 spiro atoms. The van der Waals surface area contributed by atoms with Crippen molar-refractivity contribution in [2.24, 2.45) is 0 Å². The first kappa shape index (κ1) is 15.0. The van der Waals surface area contributed by atoms with Gasteiger partial charge in [0.25, 0.3) is 0 Å². The number of aryl methyl sites for hydroxylation is 1. The summed E-state index contributed by atoms with van der Waals surface area (Å²) in [6.45, 7) is 4.64. The monoisotopic (exact) mass is 303 g/mol. The summed E-state index contributed by atoms with van der Waals surface area (Å²) in [5.74, 6) is -0.950. The zero-order chi connectivity index (χ0) is 15.5. The van der Waals surface area contributed by atoms with E-state index in [9.17, 15) is 8.78 Å². The average molecular weight is 303 g/mol. The Morgan fingerprint density at radius 2 is 1.77 bits per heavy atom. The zero-order valence-corrected chi connectivity index (χ0v) is 12.6. The van der Waals surface area contributed by atoms with Crippen molar-refractivity contribution >= 4 is 0 Å². The molecule has 2 aromatic rings. The fourth-order valence-corrected chi connectivity index (χ4v) is 2.78. The lowest BCUT2D eigenvalue weighted by Gasteiger charge is -2.17. The molecule has 0 bridgehead atoms. The van der Waals surface area contributed by atoms with Gasteiger partial charge in [-0.1, -0.05) is 29.8 Å². The summed E-state index contributed by atoms with van der Waals surface area (Å²) < 4.78 is 32.0. The Morgan fingerprint density at radius 1 is 1.09 bits per heavy atom. The number of benzene rings is 2. The lowest BCUT2D eigenvalue weighted by molar-refractivity contribution is 0.197. The van der Waals surface area contributed by atoms with Gasteiger partial charge in [0.1, 0.15) is 23.5 Å². The molecule has 2 nitrogen and oxygen atoms in total. The lowest BCUT2D eigenvalue weighted by atomic mass is 10.1. The molecule has 1 fully saturated rings. The van der Waals surface area contributed by atoms with Crippen molar-refractivity contribution in [3.63, 3.8) is 0 Å². The van der Waals surface area contributed by atoms with E-state index in [4.69, 9.17) is 4.74 Å². The van der Waals surface area contributed by atoms with Gasteiger partial charge in [-0.25, -0.2) is 8.78 Å². The zero-order valence-electron chi connectivity index (χ0n) is 12.6. The molecule has 3 rings (SSSR count). The third-order valence-electron chi connectivity index (χ3n) is 3.89. The minimum atomic E-state index is -0.607. The normalized spacial score (nSPS) is 18.6. The van der Waals surface area contributed by atoms with Crippen molar-refractivity contribution < 1.29 is 13.5 Å². The largest absolute Gasteiger partial charge is 0.489 e. The van der Waals surface area contributed by atoms with E-state index < -0.39 is 11.6 Å². The van der Waals surface area contributed by atoms with Gasteiger partial charge in [0, 0.05) is 37.8 Å².